The van der Waals surface area contributed by atoms with Gasteiger partial charge in [-0.1, -0.05) is 37.6 Å². The Hall–Kier alpha value is -1.27. The van der Waals surface area contributed by atoms with Crippen LogP contribution in [-0.2, 0) is 14.3 Å². The predicted molar refractivity (Wildman–Crippen MR) is 104 cm³/mol. The first-order valence-electron chi connectivity index (χ1n) is 10.6. The molecule has 160 valence electrons. The van der Waals surface area contributed by atoms with Crippen LogP contribution >= 0.6 is 0 Å². The first-order chi connectivity index (χ1) is 13.4. The molecule has 0 saturated heterocycles. The Bertz CT molecular complexity index is 547. The zero-order valence-electron chi connectivity index (χ0n) is 17.0. The zero-order chi connectivity index (χ0) is 20.6. The van der Waals surface area contributed by atoms with Crippen molar-refractivity contribution in [2.75, 3.05) is 6.61 Å². The highest BCUT2D eigenvalue weighted by Gasteiger charge is 2.44. The number of hydrogen-bond acceptors (Lipinski definition) is 4. The Labute approximate surface area is 167 Å². The van der Waals surface area contributed by atoms with Crippen LogP contribution < -0.4 is 0 Å². The van der Waals surface area contributed by atoms with Gasteiger partial charge in [0.25, 0.3) is 5.92 Å². The van der Waals surface area contributed by atoms with E-state index >= 15 is 0 Å². The second-order valence-electron chi connectivity index (χ2n) is 7.79. The molecule has 2 rings (SSSR count). The van der Waals surface area contributed by atoms with Crippen LogP contribution in [-0.4, -0.2) is 41.9 Å². The van der Waals surface area contributed by atoms with Gasteiger partial charge in [-0.05, 0) is 32.6 Å². The van der Waals surface area contributed by atoms with Crippen LogP contribution in [0, 0.1) is 11.8 Å². The van der Waals surface area contributed by atoms with Crippen LogP contribution in [0.15, 0.2) is 24.3 Å². The fourth-order valence-corrected chi connectivity index (χ4v) is 4.09. The van der Waals surface area contributed by atoms with Gasteiger partial charge >= 0.3 is 5.97 Å². The van der Waals surface area contributed by atoms with E-state index in [0.717, 1.165) is 12.8 Å². The van der Waals surface area contributed by atoms with Crippen molar-refractivity contribution < 1.29 is 28.2 Å². The maximum Gasteiger partial charge on any atom is 0.306 e. The summed E-state index contributed by atoms with van der Waals surface area (Å²) in [5, 5.41) is 10.0. The van der Waals surface area contributed by atoms with Gasteiger partial charge in [0.1, 0.15) is 12.2 Å². The van der Waals surface area contributed by atoms with Crippen molar-refractivity contribution in [2.45, 2.75) is 89.4 Å². The number of fused-ring (bicyclic) bond motifs is 1. The number of aliphatic hydroxyl groups is 1. The molecule has 0 aromatic rings. The Morgan fingerprint density at radius 2 is 2.18 bits per heavy atom. The van der Waals surface area contributed by atoms with Gasteiger partial charge in [0.05, 0.1) is 6.10 Å². The van der Waals surface area contributed by atoms with Gasteiger partial charge in [-0.15, -0.1) is 0 Å². The van der Waals surface area contributed by atoms with Gasteiger partial charge in [0.15, 0.2) is 0 Å². The third-order valence-electron chi connectivity index (χ3n) is 5.67. The van der Waals surface area contributed by atoms with Crippen LogP contribution in [0.5, 0.6) is 0 Å². The molecular weight excluding hydrogens is 366 g/mol. The Balaban J connectivity index is 2.17. The van der Waals surface area contributed by atoms with Gasteiger partial charge in [-0.3, -0.25) is 4.79 Å². The molecule has 2 unspecified atom stereocenters. The Kier molecular flexibility index (Phi) is 9.09. The topological polar surface area (TPSA) is 55.8 Å². The van der Waals surface area contributed by atoms with Crippen molar-refractivity contribution in [3.8, 4) is 0 Å². The molecule has 0 radical (unpaired) electrons. The summed E-state index contributed by atoms with van der Waals surface area (Å²) in [6.07, 6.45) is 8.60. The fourth-order valence-electron chi connectivity index (χ4n) is 4.09. The van der Waals surface area contributed by atoms with Crippen molar-refractivity contribution in [2.24, 2.45) is 11.8 Å². The summed E-state index contributed by atoms with van der Waals surface area (Å²) in [4.78, 5) is 12.1. The Morgan fingerprint density at radius 1 is 1.39 bits per heavy atom. The monoisotopic (exact) mass is 400 g/mol. The number of rotatable bonds is 8. The van der Waals surface area contributed by atoms with Crippen molar-refractivity contribution in [1.82, 2.24) is 0 Å². The molecule has 28 heavy (non-hydrogen) atoms. The van der Waals surface area contributed by atoms with Crippen LogP contribution in [0.2, 0.25) is 0 Å². The summed E-state index contributed by atoms with van der Waals surface area (Å²) in [6.45, 7) is 4.22. The minimum absolute atomic E-state index is 0.0393. The predicted octanol–water partition coefficient (Wildman–Crippen LogP) is 4.81. The minimum atomic E-state index is -3.14. The molecule has 1 aliphatic carbocycles. The molecule has 1 fully saturated rings. The lowest BCUT2D eigenvalue weighted by Gasteiger charge is -2.25. The maximum atomic E-state index is 14.1. The van der Waals surface area contributed by atoms with E-state index in [2.05, 4.69) is 12.2 Å². The van der Waals surface area contributed by atoms with E-state index in [4.69, 9.17) is 9.47 Å². The number of esters is 1. The summed E-state index contributed by atoms with van der Waals surface area (Å²) in [5.41, 5.74) is 0. The van der Waals surface area contributed by atoms with Crippen molar-refractivity contribution in [3.63, 3.8) is 0 Å². The standard InChI is InChI=1S/C22H34F2O4/c1-3-5-14-22(23,24)20(25)13-12-17-16-10-8-6-7-9-11-21(26)28-19(16)15-18(17)27-4-2/h6,8,12-13,16-20,25H,3-5,7,9-11,14-15H2,1-2H3/b8-6-,13-12+/t16?,17-,18-,19?,20-/m1/s1. The summed E-state index contributed by atoms with van der Waals surface area (Å²) >= 11 is 0. The molecule has 0 amide bonds. The number of hydrogen-bond donors (Lipinski definition) is 1. The van der Waals surface area contributed by atoms with E-state index in [9.17, 15) is 18.7 Å². The molecule has 6 heteroatoms. The van der Waals surface area contributed by atoms with Crippen LogP contribution in [0.4, 0.5) is 8.78 Å². The SMILES string of the molecule is CCCCC(F)(F)[C@H](O)/C=C/[C@@H]1C2C/C=C\CCCC(=O)OC2C[C@H]1OCC. The van der Waals surface area contributed by atoms with Crippen LogP contribution in [0.1, 0.15) is 65.2 Å². The number of aliphatic hydroxyl groups excluding tert-OH is 1. The highest BCUT2D eigenvalue weighted by molar-refractivity contribution is 5.69. The van der Waals surface area contributed by atoms with E-state index in [1.165, 1.54) is 6.08 Å². The van der Waals surface area contributed by atoms with E-state index in [1.807, 2.05) is 13.8 Å². The molecule has 1 heterocycles. The number of halogens is 2. The molecule has 0 aromatic heterocycles. The second kappa shape index (κ2) is 11.1. The molecule has 0 aromatic carbocycles. The van der Waals surface area contributed by atoms with Gasteiger partial charge in [0.2, 0.25) is 0 Å². The van der Waals surface area contributed by atoms with Gasteiger partial charge < -0.3 is 14.6 Å². The lowest BCUT2D eigenvalue weighted by atomic mass is 9.89. The minimum Gasteiger partial charge on any atom is -0.462 e. The molecule has 4 nitrogen and oxygen atoms in total. The third-order valence-corrected chi connectivity index (χ3v) is 5.67. The molecule has 0 bridgehead atoms. The fraction of sp³-hybridized carbons (Fsp3) is 0.773. The molecule has 5 atom stereocenters. The first-order valence-corrected chi connectivity index (χ1v) is 10.6. The smallest absolute Gasteiger partial charge is 0.306 e. The maximum absolute atomic E-state index is 14.1. The lowest BCUT2D eigenvalue weighted by molar-refractivity contribution is -0.151. The molecule has 0 spiro atoms. The summed E-state index contributed by atoms with van der Waals surface area (Å²) in [5.74, 6) is -3.58. The number of unbranched alkanes of at least 4 members (excludes halogenated alkanes) is 1. The van der Waals surface area contributed by atoms with E-state index in [-0.39, 0.29) is 36.4 Å². The van der Waals surface area contributed by atoms with Crippen LogP contribution in [0.3, 0.4) is 0 Å². The molecule has 2 aliphatic rings. The largest absolute Gasteiger partial charge is 0.462 e. The summed E-state index contributed by atoms with van der Waals surface area (Å²) in [6, 6.07) is 0. The zero-order valence-corrected chi connectivity index (χ0v) is 17.0. The molecule has 1 saturated carbocycles. The van der Waals surface area contributed by atoms with Gasteiger partial charge in [0, 0.05) is 37.7 Å². The number of carbonyl (C=O) groups is 1. The molecule has 1 aliphatic heterocycles. The van der Waals surface area contributed by atoms with Crippen LogP contribution in [0.25, 0.3) is 0 Å². The number of carbonyl (C=O) groups excluding carboxylic acids is 1. The second-order valence-corrected chi connectivity index (χ2v) is 7.79. The number of ether oxygens (including phenoxy) is 2. The van der Waals surface area contributed by atoms with Gasteiger partial charge in [-0.25, -0.2) is 8.78 Å². The summed E-state index contributed by atoms with van der Waals surface area (Å²) < 4.78 is 39.7. The van der Waals surface area contributed by atoms with Crippen molar-refractivity contribution in [1.29, 1.82) is 0 Å². The average Bonchev–Trinajstić information content (AvgIpc) is 2.97. The average molecular weight is 401 g/mol. The Morgan fingerprint density at radius 3 is 2.89 bits per heavy atom. The molecular formula is C22H34F2O4. The number of allylic oxidation sites excluding steroid dienone is 2. The van der Waals surface area contributed by atoms with E-state index in [0.29, 0.717) is 38.7 Å². The van der Waals surface area contributed by atoms with Crippen molar-refractivity contribution >= 4 is 5.97 Å². The van der Waals surface area contributed by atoms with Gasteiger partial charge in [-0.2, -0.15) is 0 Å². The molecule has 1 N–H and O–H groups in total. The van der Waals surface area contributed by atoms with E-state index in [1.54, 1.807) is 6.08 Å². The lowest BCUT2D eigenvalue weighted by Crippen LogP contribution is -2.32. The van der Waals surface area contributed by atoms with E-state index < -0.39 is 12.0 Å². The highest BCUT2D eigenvalue weighted by atomic mass is 19.3. The highest BCUT2D eigenvalue weighted by Crippen LogP contribution is 2.41. The third kappa shape index (κ3) is 6.38. The normalized spacial score (nSPS) is 31.4. The number of alkyl halides is 2. The quantitative estimate of drug-likeness (QED) is 0.469. The first kappa shape index (κ1) is 23.0. The summed E-state index contributed by atoms with van der Waals surface area (Å²) in [7, 11) is 0. The van der Waals surface area contributed by atoms with Crippen molar-refractivity contribution in [3.05, 3.63) is 24.3 Å².